The molecule has 3 unspecified atom stereocenters. The van der Waals surface area contributed by atoms with E-state index < -0.39 is 10.5 Å². The van der Waals surface area contributed by atoms with Gasteiger partial charge in [0.1, 0.15) is 5.60 Å². The third kappa shape index (κ3) is 3.97. The molecular weight excluding hydrogens is 330 g/mol. The van der Waals surface area contributed by atoms with Gasteiger partial charge in [-0.2, -0.15) is 0 Å². The largest absolute Gasteiger partial charge is 0.363 e. The summed E-state index contributed by atoms with van der Waals surface area (Å²) < 4.78 is 6.05. The van der Waals surface area contributed by atoms with Gasteiger partial charge in [0, 0.05) is 0 Å². The molecule has 1 heterocycles. The average molecular weight is 356 g/mol. The first-order chi connectivity index (χ1) is 12.1. The van der Waals surface area contributed by atoms with Crippen LogP contribution in [0.1, 0.15) is 31.0 Å². The highest BCUT2D eigenvalue weighted by Crippen LogP contribution is 2.41. The van der Waals surface area contributed by atoms with Gasteiger partial charge in [0.15, 0.2) is 6.29 Å². The average Bonchev–Trinajstić information content (AvgIpc) is 2.66. The minimum absolute atomic E-state index is 0.0865. The molecule has 1 saturated heterocycles. The van der Waals surface area contributed by atoms with Crippen molar-refractivity contribution in [2.24, 2.45) is 0 Å². The van der Waals surface area contributed by atoms with Crippen LogP contribution in [0.25, 0.3) is 0 Å². The quantitative estimate of drug-likeness (QED) is 0.795. The molecule has 0 spiro atoms. The standard InChI is InChI=1S/C21H25NO2S/c1-20(16-23)21(2,25-14-13-17-9-5-3-6-10-17)22-19(15-24-20)18-11-7-4-8-12-18/h3-12,16,19,22H,13-15H2,1-2H3. The van der Waals surface area contributed by atoms with Crippen LogP contribution >= 0.6 is 11.8 Å². The molecule has 2 aromatic carbocycles. The smallest absolute Gasteiger partial charge is 0.154 e. The number of aldehydes is 1. The maximum atomic E-state index is 11.8. The number of aryl methyl sites for hydroxylation is 1. The van der Waals surface area contributed by atoms with Crippen LogP contribution in [0.15, 0.2) is 60.7 Å². The van der Waals surface area contributed by atoms with Gasteiger partial charge in [0.05, 0.1) is 17.5 Å². The van der Waals surface area contributed by atoms with E-state index >= 15 is 0 Å². The molecule has 1 aliphatic rings. The summed E-state index contributed by atoms with van der Waals surface area (Å²) in [4.78, 5) is 11.3. The van der Waals surface area contributed by atoms with E-state index in [0.717, 1.165) is 18.5 Å². The first-order valence-corrected chi connectivity index (χ1v) is 9.66. The van der Waals surface area contributed by atoms with Crippen LogP contribution in [-0.2, 0) is 16.0 Å². The summed E-state index contributed by atoms with van der Waals surface area (Å²) in [6, 6.07) is 20.8. The molecule has 3 nitrogen and oxygen atoms in total. The normalized spacial score (nSPS) is 29.3. The van der Waals surface area contributed by atoms with Crippen molar-refractivity contribution in [3.8, 4) is 0 Å². The van der Waals surface area contributed by atoms with E-state index in [1.807, 2.05) is 31.2 Å². The summed E-state index contributed by atoms with van der Waals surface area (Å²) in [7, 11) is 0. The SMILES string of the molecule is CC1(C=O)OCC(c2ccccc2)NC1(C)SCCc1ccccc1. The van der Waals surface area contributed by atoms with Gasteiger partial charge in [0.25, 0.3) is 0 Å². The summed E-state index contributed by atoms with van der Waals surface area (Å²) in [6.07, 6.45) is 1.91. The maximum Gasteiger partial charge on any atom is 0.154 e. The predicted octanol–water partition coefficient (Wildman–Crippen LogP) is 4.00. The Morgan fingerprint density at radius 3 is 2.40 bits per heavy atom. The molecule has 0 amide bonds. The Labute approximate surface area is 154 Å². The van der Waals surface area contributed by atoms with Gasteiger partial charge in [0.2, 0.25) is 0 Å². The fourth-order valence-corrected chi connectivity index (χ4v) is 4.49. The lowest BCUT2D eigenvalue weighted by atomic mass is 9.93. The van der Waals surface area contributed by atoms with Gasteiger partial charge in [-0.25, -0.2) is 0 Å². The molecule has 0 aromatic heterocycles. The van der Waals surface area contributed by atoms with Gasteiger partial charge in [-0.3, -0.25) is 5.32 Å². The Hall–Kier alpha value is -1.62. The van der Waals surface area contributed by atoms with Gasteiger partial charge in [-0.15, -0.1) is 11.8 Å². The molecule has 1 fully saturated rings. The third-order valence-corrected chi connectivity index (χ3v) is 6.51. The molecule has 2 aromatic rings. The van der Waals surface area contributed by atoms with Crippen molar-refractivity contribution in [3.05, 3.63) is 71.8 Å². The summed E-state index contributed by atoms with van der Waals surface area (Å²) in [5.74, 6) is 0.918. The van der Waals surface area contributed by atoms with Crippen molar-refractivity contribution in [1.82, 2.24) is 5.32 Å². The lowest BCUT2D eigenvalue weighted by Gasteiger charge is -2.49. The number of benzene rings is 2. The summed E-state index contributed by atoms with van der Waals surface area (Å²) >= 11 is 1.76. The molecular formula is C21H25NO2S. The second-order valence-corrected chi connectivity index (χ2v) is 8.27. The molecule has 0 radical (unpaired) electrons. The van der Waals surface area contributed by atoms with Crippen LogP contribution in [0.4, 0.5) is 0 Å². The van der Waals surface area contributed by atoms with Crippen molar-refractivity contribution in [1.29, 1.82) is 0 Å². The van der Waals surface area contributed by atoms with Gasteiger partial charge in [-0.1, -0.05) is 60.7 Å². The Kier molecular flexibility index (Phi) is 5.62. The molecule has 25 heavy (non-hydrogen) atoms. The lowest BCUT2D eigenvalue weighted by molar-refractivity contribution is -0.145. The van der Waals surface area contributed by atoms with Crippen LogP contribution < -0.4 is 5.32 Å². The van der Waals surface area contributed by atoms with Gasteiger partial charge < -0.3 is 9.53 Å². The second-order valence-electron chi connectivity index (χ2n) is 6.76. The predicted molar refractivity (Wildman–Crippen MR) is 104 cm³/mol. The number of carbonyl (C=O) groups is 1. The lowest BCUT2D eigenvalue weighted by Crippen LogP contribution is -2.65. The number of hydrogen-bond donors (Lipinski definition) is 1. The summed E-state index contributed by atoms with van der Waals surface area (Å²) in [5.41, 5.74) is 1.65. The fourth-order valence-electron chi connectivity index (χ4n) is 3.13. The Bertz CT molecular complexity index is 694. The van der Waals surface area contributed by atoms with E-state index in [4.69, 9.17) is 4.74 Å². The molecule has 1 N–H and O–H groups in total. The number of nitrogens with one attached hydrogen (secondary N) is 1. The molecule has 3 atom stereocenters. The van der Waals surface area contributed by atoms with Gasteiger partial charge in [-0.05, 0) is 37.1 Å². The molecule has 132 valence electrons. The van der Waals surface area contributed by atoms with Crippen molar-refractivity contribution in [2.45, 2.75) is 36.8 Å². The highest BCUT2D eigenvalue weighted by atomic mass is 32.2. The Morgan fingerprint density at radius 2 is 1.76 bits per heavy atom. The number of hydrogen-bond acceptors (Lipinski definition) is 4. The topological polar surface area (TPSA) is 38.3 Å². The van der Waals surface area contributed by atoms with E-state index in [2.05, 4.69) is 48.6 Å². The number of carbonyl (C=O) groups excluding carboxylic acids is 1. The molecule has 0 saturated carbocycles. The number of rotatable bonds is 6. The van der Waals surface area contributed by atoms with Crippen molar-refractivity contribution >= 4 is 18.0 Å². The highest BCUT2D eigenvalue weighted by Gasteiger charge is 2.50. The van der Waals surface area contributed by atoms with E-state index in [9.17, 15) is 4.79 Å². The van der Waals surface area contributed by atoms with Crippen molar-refractivity contribution in [2.75, 3.05) is 12.4 Å². The number of morpholine rings is 1. The van der Waals surface area contributed by atoms with Crippen molar-refractivity contribution in [3.63, 3.8) is 0 Å². The summed E-state index contributed by atoms with van der Waals surface area (Å²) in [5, 5.41) is 3.68. The zero-order valence-corrected chi connectivity index (χ0v) is 15.6. The highest BCUT2D eigenvalue weighted by molar-refractivity contribution is 8.00. The van der Waals surface area contributed by atoms with E-state index in [1.165, 1.54) is 11.1 Å². The molecule has 3 rings (SSSR count). The zero-order valence-electron chi connectivity index (χ0n) is 14.8. The Balaban J connectivity index is 1.72. The van der Waals surface area contributed by atoms with E-state index in [-0.39, 0.29) is 6.04 Å². The van der Waals surface area contributed by atoms with Crippen LogP contribution in [0, 0.1) is 0 Å². The van der Waals surface area contributed by atoms with Crippen LogP contribution in [0.2, 0.25) is 0 Å². The molecule has 1 aliphatic heterocycles. The molecule has 4 heteroatoms. The van der Waals surface area contributed by atoms with Crippen molar-refractivity contribution < 1.29 is 9.53 Å². The molecule has 0 aliphatic carbocycles. The first kappa shape index (κ1) is 18.2. The van der Waals surface area contributed by atoms with E-state index in [1.54, 1.807) is 11.8 Å². The number of ether oxygens (including phenoxy) is 1. The van der Waals surface area contributed by atoms with E-state index in [0.29, 0.717) is 6.61 Å². The minimum Gasteiger partial charge on any atom is -0.363 e. The van der Waals surface area contributed by atoms with Crippen LogP contribution in [-0.4, -0.2) is 29.1 Å². The van der Waals surface area contributed by atoms with Gasteiger partial charge >= 0.3 is 0 Å². The second kappa shape index (κ2) is 7.73. The number of thioether (sulfide) groups is 1. The Morgan fingerprint density at radius 1 is 1.12 bits per heavy atom. The van der Waals surface area contributed by atoms with Crippen LogP contribution in [0.5, 0.6) is 0 Å². The summed E-state index contributed by atoms with van der Waals surface area (Å²) in [6.45, 7) is 4.45. The maximum absolute atomic E-state index is 11.8. The fraction of sp³-hybridized carbons (Fsp3) is 0.381. The van der Waals surface area contributed by atoms with Crippen LogP contribution in [0.3, 0.4) is 0 Å². The zero-order chi connectivity index (χ0) is 17.8. The third-order valence-electron chi connectivity index (χ3n) is 5.00. The molecule has 0 bridgehead atoms. The first-order valence-electron chi connectivity index (χ1n) is 8.67. The monoisotopic (exact) mass is 355 g/mol. The minimum atomic E-state index is -0.848.